The second kappa shape index (κ2) is 11.3. The fourth-order valence-electron chi connectivity index (χ4n) is 4.20. The van der Waals surface area contributed by atoms with Crippen molar-refractivity contribution < 1.29 is 24.2 Å². The normalized spacial score (nSPS) is 15.8. The van der Waals surface area contributed by atoms with Crippen molar-refractivity contribution >= 4 is 11.8 Å². The summed E-state index contributed by atoms with van der Waals surface area (Å²) in [6.45, 7) is 11.6. The zero-order valence-corrected chi connectivity index (χ0v) is 23.3. The van der Waals surface area contributed by atoms with Gasteiger partial charge in [-0.25, -0.2) is 10.8 Å². The van der Waals surface area contributed by atoms with E-state index in [0.29, 0.717) is 5.92 Å². The molecule has 0 spiro atoms. The van der Waals surface area contributed by atoms with Crippen molar-refractivity contribution in [3.63, 3.8) is 0 Å². The van der Waals surface area contributed by atoms with Crippen molar-refractivity contribution in [1.82, 2.24) is 0 Å². The summed E-state index contributed by atoms with van der Waals surface area (Å²) in [6, 6.07) is 28.5. The fourth-order valence-corrected chi connectivity index (χ4v) is 6.62. The van der Waals surface area contributed by atoms with Crippen molar-refractivity contribution in [1.29, 1.82) is 0 Å². The van der Waals surface area contributed by atoms with Gasteiger partial charge < -0.3 is 0 Å². The van der Waals surface area contributed by atoms with Crippen LogP contribution in [0.3, 0.4) is 0 Å². The Balaban J connectivity index is 0.000000140. The predicted molar refractivity (Wildman–Crippen MR) is 138 cm³/mol. The third-order valence-electron chi connectivity index (χ3n) is 5.66. The summed E-state index contributed by atoms with van der Waals surface area (Å²) < 4.78 is 2.17. The van der Waals surface area contributed by atoms with Crippen LogP contribution in [-0.4, -0.2) is 11.8 Å². The molecule has 160 valence electrons. The first-order valence-corrected chi connectivity index (χ1v) is 16.2. The largest absolute Gasteiger partial charge is 0.179 e. The van der Waals surface area contributed by atoms with Crippen LogP contribution in [0.1, 0.15) is 30.5 Å². The first-order chi connectivity index (χ1) is 15.3. The molecule has 0 amide bonds. The molecule has 2 aliphatic carbocycles. The molecule has 0 saturated heterocycles. The Morgan fingerprint density at radius 1 is 0.906 bits per heavy atom. The number of fused-ring (bicyclic) bond motifs is 3. The van der Waals surface area contributed by atoms with Gasteiger partial charge in [-0.3, -0.25) is 6.08 Å². The number of hydrogen-bond donors (Lipinski definition) is 0. The molecule has 0 saturated carbocycles. The van der Waals surface area contributed by atoms with Gasteiger partial charge in [0, 0.05) is 0 Å². The predicted octanol–water partition coefficient (Wildman–Crippen LogP) is 7.63. The van der Waals surface area contributed by atoms with Crippen LogP contribution in [-0.2, 0) is 30.7 Å². The SMILES string of the molecule is CC1=[C-]C(C)C=C1[Si](C)(C)C.[Zr+2]=[CH]c1ccccc1.[c-]1cccc2c1Cc1ccccc1-2. The molecule has 0 aromatic heterocycles. The van der Waals surface area contributed by atoms with Crippen LogP contribution in [0, 0.1) is 18.1 Å². The first-order valence-electron chi connectivity index (χ1n) is 11.3. The average molecular weight is 512 g/mol. The standard InChI is InChI=1S/C13H9.C10H17Si.C7H6.Zr/c1-3-7-12-10(5-1)9-11-6-2-4-8-13(11)12;1-8-6-9(2)10(7-8)11(3,4)5;1-7-5-3-2-4-6-7;/h1-5,7-8H,9H2;7-8H,1-5H3;1-6H;/q2*-1;;+2. The van der Waals surface area contributed by atoms with E-state index < -0.39 is 8.07 Å². The average Bonchev–Trinajstić information content (AvgIpc) is 3.34. The van der Waals surface area contributed by atoms with Gasteiger partial charge in [0.25, 0.3) is 0 Å². The molecule has 3 aromatic rings. The van der Waals surface area contributed by atoms with Gasteiger partial charge in [-0.1, -0.05) is 74.8 Å². The smallest absolute Gasteiger partial charge is 0.0253 e. The van der Waals surface area contributed by atoms with Gasteiger partial charge in [-0.05, 0) is 14.5 Å². The molecule has 2 heteroatoms. The summed E-state index contributed by atoms with van der Waals surface area (Å²) >= 11 is 1.46. The molecule has 0 nitrogen and oxygen atoms in total. The molecule has 0 aliphatic heterocycles. The zero-order valence-electron chi connectivity index (χ0n) is 19.9. The minimum Gasteiger partial charge on any atom is -0.179 e. The molecule has 32 heavy (non-hydrogen) atoms. The van der Waals surface area contributed by atoms with Gasteiger partial charge >= 0.3 is 63.8 Å². The summed E-state index contributed by atoms with van der Waals surface area (Å²) in [6.07, 6.45) is 6.86. The molecule has 0 bridgehead atoms. The first kappa shape index (κ1) is 24.7. The molecule has 0 radical (unpaired) electrons. The van der Waals surface area contributed by atoms with E-state index in [1.165, 1.54) is 57.6 Å². The van der Waals surface area contributed by atoms with Crippen LogP contribution >= 0.6 is 0 Å². The van der Waals surface area contributed by atoms with E-state index in [2.05, 4.69) is 116 Å². The zero-order chi connectivity index (χ0) is 23.1. The molecule has 0 heterocycles. The Labute approximate surface area is 210 Å². The van der Waals surface area contributed by atoms with Crippen molar-refractivity contribution in [3.05, 3.63) is 118 Å². The van der Waals surface area contributed by atoms with Crippen molar-refractivity contribution in [2.45, 2.75) is 39.9 Å². The molecular weight excluding hydrogens is 480 g/mol. The van der Waals surface area contributed by atoms with E-state index in [0.717, 1.165) is 6.42 Å². The summed E-state index contributed by atoms with van der Waals surface area (Å²) in [4.78, 5) is 0. The number of benzene rings is 3. The molecule has 0 N–H and O–H groups in total. The number of rotatable bonds is 2. The monoisotopic (exact) mass is 510 g/mol. The maximum atomic E-state index is 3.43. The molecule has 1 atom stereocenters. The topological polar surface area (TPSA) is 0 Å². The third kappa shape index (κ3) is 6.56. The van der Waals surface area contributed by atoms with E-state index in [4.69, 9.17) is 0 Å². The maximum Gasteiger partial charge on any atom is -0.0253 e. The second-order valence-corrected chi connectivity index (χ2v) is 15.1. The summed E-state index contributed by atoms with van der Waals surface area (Å²) in [5.41, 5.74) is 8.23. The van der Waals surface area contributed by atoms with Gasteiger partial charge in [0.1, 0.15) is 0 Å². The van der Waals surface area contributed by atoms with E-state index >= 15 is 0 Å². The molecule has 3 aromatic carbocycles. The molecule has 1 unspecified atom stereocenters. The van der Waals surface area contributed by atoms with Gasteiger partial charge in [0.05, 0.1) is 0 Å². The molecular formula is C30H32SiZr. The summed E-state index contributed by atoms with van der Waals surface area (Å²) in [5, 5.41) is 1.60. The second-order valence-electron chi connectivity index (χ2n) is 9.34. The van der Waals surface area contributed by atoms with Crippen LogP contribution in [0.15, 0.2) is 89.6 Å². The van der Waals surface area contributed by atoms with E-state index in [-0.39, 0.29) is 0 Å². The van der Waals surface area contributed by atoms with Gasteiger partial charge in [0.2, 0.25) is 0 Å². The number of hydrogen-bond acceptors (Lipinski definition) is 0. The maximum absolute atomic E-state index is 3.43. The minimum absolute atomic E-state index is 0.553. The molecule has 0 fully saturated rings. The Morgan fingerprint density at radius 2 is 1.56 bits per heavy atom. The summed E-state index contributed by atoms with van der Waals surface area (Å²) in [7, 11) is -1.07. The Hall–Kier alpha value is -1.89. The Bertz CT molecular complexity index is 1070. The quantitative estimate of drug-likeness (QED) is 0.192. The van der Waals surface area contributed by atoms with Crippen LogP contribution < -0.4 is 0 Å². The van der Waals surface area contributed by atoms with Crippen molar-refractivity contribution in [2.75, 3.05) is 0 Å². The molecule has 5 rings (SSSR count). The van der Waals surface area contributed by atoms with Crippen LogP contribution in [0.2, 0.25) is 19.6 Å². The van der Waals surface area contributed by atoms with Crippen LogP contribution in [0.25, 0.3) is 11.1 Å². The van der Waals surface area contributed by atoms with Crippen LogP contribution in [0.4, 0.5) is 0 Å². The van der Waals surface area contributed by atoms with E-state index in [1.807, 2.05) is 12.1 Å². The Kier molecular flexibility index (Phi) is 8.74. The minimum atomic E-state index is -1.07. The van der Waals surface area contributed by atoms with E-state index in [1.54, 1.807) is 5.20 Å². The van der Waals surface area contributed by atoms with Crippen molar-refractivity contribution in [3.8, 4) is 11.1 Å². The van der Waals surface area contributed by atoms with Gasteiger partial charge in [-0.15, -0.1) is 5.56 Å². The fraction of sp³-hybridized carbons (Fsp3) is 0.233. The molecule has 2 aliphatic rings. The van der Waals surface area contributed by atoms with E-state index in [9.17, 15) is 0 Å². The number of allylic oxidation sites excluding steroid dienone is 4. The Morgan fingerprint density at radius 3 is 2.12 bits per heavy atom. The van der Waals surface area contributed by atoms with Crippen LogP contribution in [0.5, 0.6) is 0 Å². The summed E-state index contributed by atoms with van der Waals surface area (Å²) in [5.74, 6) is 0.553. The third-order valence-corrected chi connectivity index (χ3v) is 8.63. The van der Waals surface area contributed by atoms with Gasteiger partial charge in [-0.2, -0.15) is 35.9 Å². The van der Waals surface area contributed by atoms with Crippen molar-refractivity contribution in [2.24, 2.45) is 5.92 Å². The van der Waals surface area contributed by atoms with Gasteiger partial charge in [0.15, 0.2) is 0 Å².